The predicted octanol–water partition coefficient (Wildman–Crippen LogP) is 6.38. The molecule has 1 spiro atoms. The molecular weight excluding hydrogens is 436 g/mol. The number of aliphatic imine (C=N–C) groups is 1. The number of carbonyl (C=O) groups is 2. The lowest BCUT2D eigenvalue weighted by Gasteiger charge is -2.45. The van der Waals surface area contributed by atoms with E-state index in [2.05, 4.69) is 0 Å². The lowest BCUT2D eigenvalue weighted by molar-refractivity contribution is -0.133. The Morgan fingerprint density at radius 2 is 1.43 bits per heavy atom. The molecule has 1 unspecified atom stereocenters. The third-order valence-electron chi connectivity index (χ3n) is 6.63. The summed E-state index contributed by atoms with van der Waals surface area (Å²) in [6.45, 7) is 6.00. The number of fused-ring (bicyclic) bond motifs is 5. The molecule has 2 heterocycles. The number of anilines is 1. The first-order valence-corrected chi connectivity index (χ1v) is 11.7. The molecule has 0 bridgehead atoms. The fourth-order valence-corrected chi connectivity index (χ4v) is 4.89. The van der Waals surface area contributed by atoms with Crippen molar-refractivity contribution >= 4 is 39.9 Å². The summed E-state index contributed by atoms with van der Waals surface area (Å²) in [6.07, 6.45) is 0. The number of carbonyl (C=O) groups excluding carboxylic acids is 2. The Hall–Kier alpha value is -4.25. The molecular formula is C30H24N2O3. The van der Waals surface area contributed by atoms with Gasteiger partial charge in [0.15, 0.2) is 5.90 Å². The number of nitrogens with zero attached hydrogens (tertiary/aromatic N) is 2. The van der Waals surface area contributed by atoms with Gasteiger partial charge in [-0.1, -0.05) is 87.5 Å². The zero-order valence-corrected chi connectivity index (χ0v) is 19.8. The molecule has 0 saturated heterocycles. The molecule has 0 aromatic heterocycles. The molecule has 4 aromatic rings. The maximum atomic E-state index is 14.6. The first-order valence-electron chi connectivity index (χ1n) is 11.7. The second kappa shape index (κ2) is 7.37. The Morgan fingerprint density at radius 3 is 2.20 bits per heavy atom. The normalized spacial score (nSPS) is 19.3. The second-order valence-electron chi connectivity index (χ2n) is 9.99. The van der Waals surface area contributed by atoms with Crippen molar-refractivity contribution in [3.63, 3.8) is 0 Å². The van der Waals surface area contributed by atoms with E-state index in [1.807, 2.05) is 106 Å². The van der Waals surface area contributed by atoms with Gasteiger partial charge in [-0.25, -0.2) is 9.89 Å². The van der Waals surface area contributed by atoms with Gasteiger partial charge in [-0.15, -0.1) is 0 Å². The molecule has 0 aliphatic carbocycles. The third kappa shape index (κ3) is 3.04. The zero-order chi connectivity index (χ0) is 24.4. The first kappa shape index (κ1) is 21.3. The van der Waals surface area contributed by atoms with Crippen molar-refractivity contribution in [3.05, 3.63) is 108 Å². The van der Waals surface area contributed by atoms with Crippen LogP contribution in [-0.4, -0.2) is 17.7 Å². The molecule has 5 heteroatoms. The maximum absolute atomic E-state index is 14.6. The number of amides is 2. The number of hydrogen-bond donors (Lipinski definition) is 0. The molecule has 0 fully saturated rings. The van der Waals surface area contributed by atoms with Gasteiger partial charge in [0.05, 0.1) is 11.4 Å². The highest BCUT2D eigenvalue weighted by Gasteiger charge is 2.58. The number of hydrogen-bond acceptors (Lipinski definition) is 4. The van der Waals surface area contributed by atoms with Crippen LogP contribution in [0.3, 0.4) is 0 Å². The van der Waals surface area contributed by atoms with Crippen molar-refractivity contribution in [2.45, 2.75) is 26.4 Å². The van der Waals surface area contributed by atoms with E-state index in [1.54, 1.807) is 6.07 Å². The van der Waals surface area contributed by atoms with E-state index in [4.69, 9.17) is 9.73 Å². The highest BCUT2D eigenvalue weighted by atomic mass is 16.5. The van der Waals surface area contributed by atoms with Crippen LogP contribution in [0.4, 0.5) is 11.4 Å². The molecule has 2 aliphatic heterocycles. The molecule has 0 N–H and O–H groups in total. The largest absolute Gasteiger partial charge is 0.454 e. The zero-order valence-electron chi connectivity index (χ0n) is 19.8. The minimum absolute atomic E-state index is 0.368. The molecule has 2 aliphatic rings. The minimum atomic E-state index is -1.53. The number of imide groups is 1. The summed E-state index contributed by atoms with van der Waals surface area (Å²) in [6, 6.07) is 28.2. The van der Waals surface area contributed by atoms with Crippen molar-refractivity contribution in [3.8, 4) is 0 Å². The van der Waals surface area contributed by atoms with Crippen molar-refractivity contribution in [1.29, 1.82) is 0 Å². The topological polar surface area (TPSA) is 59.0 Å². The van der Waals surface area contributed by atoms with E-state index in [9.17, 15) is 9.59 Å². The van der Waals surface area contributed by atoms with Gasteiger partial charge in [0.25, 0.3) is 11.8 Å². The Labute approximate surface area is 203 Å². The quantitative estimate of drug-likeness (QED) is 0.310. The summed E-state index contributed by atoms with van der Waals surface area (Å²) >= 11 is 0. The summed E-state index contributed by atoms with van der Waals surface area (Å²) in [7, 11) is 0. The van der Waals surface area contributed by atoms with Gasteiger partial charge in [0.1, 0.15) is 0 Å². The lowest BCUT2D eigenvalue weighted by atomic mass is 9.77. The minimum Gasteiger partial charge on any atom is -0.454 e. The van der Waals surface area contributed by atoms with E-state index < -0.39 is 16.9 Å². The Bertz CT molecular complexity index is 1560. The van der Waals surface area contributed by atoms with Crippen LogP contribution >= 0.6 is 0 Å². The molecule has 1 atom stereocenters. The summed E-state index contributed by atoms with van der Waals surface area (Å²) in [5.41, 5.74) is 0.792. The molecule has 0 saturated carbocycles. The van der Waals surface area contributed by atoms with E-state index in [-0.39, 0.29) is 5.91 Å². The van der Waals surface area contributed by atoms with Crippen molar-refractivity contribution in [2.75, 3.05) is 4.90 Å². The smallest absolute Gasteiger partial charge is 0.287 e. The van der Waals surface area contributed by atoms with E-state index in [1.165, 1.54) is 4.90 Å². The predicted molar refractivity (Wildman–Crippen MR) is 137 cm³/mol. The molecule has 5 nitrogen and oxygen atoms in total. The van der Waals surface area contributed by atoms with Gasteiger partial charge in [-0.05, 0) is 35.0 Å². The van der Waals surface area contributed by atoms with Gasteiger partial charge in [0, 0.05) is 22.1 Å². The van der Waals surface area contributed by atoms with Crippen molar-refractivity contribution in [2.24, 2.45) is 10.4 Å². The fourth-order valence-electron chi connectivity index (χ4n) is 4.89. The average Bonchev–Trinajstić information content (AvgIpc) is 2.87. The Morgan fingerprint density at radius 1 is 0.771 bits per heavy atom. The SMILES string of the molecule is CC(C)(C)C1=Nc2ccccc2C2(O1)C(=O)N(c1ccc3ccccc3c1)C(=O)c1ccccc12. The van der Waals surface area contributed by atoms with Crippen LogP contribution in [0.25, 0.3) is 10.8 Å². The standard InChI is InChI=1S/C30H24N2O3/c1-29(2,3)27-31-25-15-9-8-14-24(25)30(35-27)23-13-7-6-12-22(23)26(33)32(28(30)34)21-17-16-19-10-4-5-11-20(19)18-21/h4-18H,1-3H3. The van der Waals surface area contributed by atoms with E-state index in [0.717, 1.165) is 10.8 Å². The van der Waals surface area contributed by atoms with Gasteiger partial charge in [-0.3, -0.25) is 9.59 Å². The summed E-state index contributed by atoms with van der Waals surface area (Å²) in [5.74, 6) is -0.361. The van der Waals surface area contributed by atoms with Gasteiger partial charge >= 0.3 is 0 Å². The van der Waals surface area contributed by atoms with Crippen LogP contribution in [0.15, 0.2) is 96.0 Å². The number of ether oxygens (including phenoxy) is 1. The van der Waals surface area contributed by atoms with Crippen LogP contribution in [0.5, 0.6) is 0 Å². The van der Waals surface area contributed by atoms with E-state index >= 15 is 0 Å². The van der Waals surface area contributed by atoms with Crippen LogP contribution < -0.4 is 4.90 Å². The Balaban J connectivity index is 1.65. The monoisotopic (exact) mass is 460 g/mol. The van der Waals surface area contributed by atoms with Crippen LogP contribution in [-0.2, 0) is 15.1 Å². The molecule has 0 radical (unpaired) electrons. The Kier molecular flexibility index (Phi) is 4.49. The molecule has 6 rings (SSSR count). The molecule has 2 amide bonds. The van der Waals surface area contributed by atoms with Crippen LogP contribution in [0, 0.1) is 5.41 Å². The number of rotatable bonds is 1. The van der Waals surface area contributed by atoms with Gasteiger partial charge in [0.2, 0.25) is 5.60 Å². The van der Waals surface area contributed by atoms with Crippen LogP contribution in [0.2, 0.25) is 0 Å². The number of benzene rings is 4. The lowest BCUT2D eigenvalue weighted by Crippen LogP contribution is -2.58. The van der Waals surface area contributed by atoms with Crippen LogP contribution in [0.1, 0.15) is 42.3 Å². The molecule has 172 valence electrons. The third-order valence-corrected chi connectivity index (χ3v) is 6.63. The van der Waals surface area contributed by atoms with Gasteiger partial charge in [-0.2, -0.15) is 0 Å². The summed E-state index contributed by atoms with van der Waals surface area (Å²) in [4.78, 5) is 34.4. The van der Waals surface area contributed by atoms with Crippen molar-refractivity contribution < 1.29 is 14.3 Å². The maximum Gasteiger partial charge on any atom is 0.287 e. The molecule has 35 heavy (non-hydrogen) atoms. The molecule has 4 aromatic carbocycles. The van der Waals surface area contributed by atoms with Crippen molar-refractivity contribution in [1.82, 2.24) is 0 Å². The summed E-state index contributed by atoms with van der Waals surface area (Å²) < 4.78 is 6.64. The highest BCUT2D eigenvalue weighted by molar-refractivity contribution is 6.28. The average molecular weight is 461 g/mol. The highest BCUT2D eigenvalue weighted by Crippen LogP contribution is 2.49. The fraction of sp³-hybridized carbons (Fsp3) is 0.167. The summed E-state index contributed by atoms with van der Waals surface area (Å²) in [5, 5.41) is 1.98. The van der Waals surface area contributed by atoms with E-state index in [0.29, 0.717) is 34.0 Å². The number of para-hydroxylation sites is 1. The van der Waals surface area contributed by atoms with Gasteiger partial charge < -0.3 is 4.74 Å². The first-order chi connectivity index (χ1) is 16.8. The second-order valence-corrected chi connectivity index (χ2v) is 9.99.